The minimum Gasteiger partial charge on any atom is -0.356 e. The fourth-order valence-electron chi connectivity index (χ4n) is 8.68. The van der Waals surface area contributed by atoms with E-state index in [0.717, 1.165) is 57.9 Å². The van der Waals surface area contributed by atoms with Gasteiger partial charge in [0.25, 0.3) is 0 Å². The van der Waals surface area contributed by atoms with E-state index in [1.54, 1.807) is 34.6 Å². The minimum absolute atomic E-state index is 0. The molecule has 0 aromatic carbocycles. The second-order valence-electron chi connectivity index (χ2n) is 22.1. The molecule has 26 heteroatoms. The first kappa shape index (κ1) is 103. The van der Waals surface area contributed by atoms with Crippen LogP contribution in [-0.4, -0.2) is 186 Å². The molecular formula is C67H131N9O16S. The van der Waals surface area contributed by atoms with Crippen molar-refractivity contribution in [2.24, 2.45) is 29.6 Å². The monoisotopic (exact) mass is 1350 g/mol. The number of amides is 14. The largest absolute Gasteiger partial charge is 0.356 e. The maximum atomic E-state index is 11.5. The molecule has 5 aliphatic heterocycles. The highest BCUT2D eigenvalue weighted by Crippen LogP contribution is 2.22. The number of hydrogen-bond donors (Lipinski definition) is 4. The highest BCUT2D eigenvalue weighted by Gasteiger charge is 2.38. The van der Waals surface area contributed by atoms with Crippen molar-refractivity contribution in [3.63, 3.8) is 0 Å². The zero-order valence-corrected chi connectivity index (χ0v) is 55.7. The molecule has 0 radical (unpaired) electrons. The lowest BCUT2D eigenvalue weighted by atomic mass is 10.1. The normalized spacial score (nSPS) is 18.3. The third kappa shape index (κ3) is 41.1. The predicted octanol–water partition coefficient (Wildman–Crippen LogP) is 8.44. The highest BCUT2D eigenvalue weighted by atomic mass is 32.2. The van der Waals surface area contributed by atoms with Crippen LogP contribution in [0.5, 0.6) is 0 Å². The van der Waals surface area contributed by atoms with Crippen LogP contribution in [0.3, 0.4) is 0 Å². The van der Waals surface area contributed by atoms with Gasteiger partial charge in [0.1, 0.15) is 9.84 Å². The van der Waals surface area contributed by atoms with Crippen LogP contribution in [0, 0.1) is 29.6 Å². The lowest BCUT2D eigenvalue weighted by Crippen LogP contribution is -2.35. The van der Waals surface area contributed by atoms with Crippen LogP contribution in [-0.2, 0) is 77.0 Å². The van der Waals surface area contributed by atoms with Crippen molar-refractivity contribution < 1.29 is 75.5 Å². The number of likely N-dealkylation sites (tertiary alicyclic amines) is 5. The second-order valence-corrected chi connectivity index (χ2v) is 24.4. The molecule has 5 unspecified atom stereocenters. The quantitative estimate of drug-likeness (QED) is 0.0590. The Morgan fingerprint density at radius 3 is 0.667 bits per heavy atom. The van der Waals surface area contributed by atoms with Crippen molar-refractivity contribution in [3.05, 3.63) is 0 Å². The van der Waals surface area contributed by atoms with Crippen LogP contribution in [0.25, 0.3) is 0 Å². The van der Waals surface area contributed by atoms with Gasteiger partial charge in [0.05, 0.1) is 0 Å². The van der Waals surface area contributed by atoms with E-state index >= 15 is 0 Å². The number of sulfone groups is 1. The van der Waals surface area contributed by atoms with Gasteiger partial charge < -0.3 is 21.3 Å². The number of nitrogens with zero attached hydrogens (tertiary/aromatic N) is 5. The topological polar surface area (TPSA) is 337 Å². The van der Waals surface area contributed by atoms with Gasteiger partial charge in [-0.25, -0.2) is 8.42 Å². The summed E-state index contributed by atoms with van der Waals surface area (Å²) in [6, 6.07) is 0. The van der Waals surface area contributed by atoms with Gasteiger partial charge in [0.2, 0.25) is 82.7 Å². The summed E-state index contributed by atoms with van der Waals surface area (Å²) in [7, 11) is -2.68. The molecule has 5 heterocycles. The van der Waals surface area contributed by atoms with Crippen molar-refractivity contribution in [1.82, 2.24) is 45.8 Å². The van der Waals surface area contributed by atoms with E-state index in [-0.39, 0.29) is 215 Å². The first-order valence-electron chi connectivity index (χ1n) is 31.4. The van der Waals surface area contributed by atoms with Crippen molar-refractivity contribution in [3.8, 4) is 0 Å². The summed E-state index contributed by atoms with van der Waals surface area (Å²) in [5.41, 5.74) is 0. The molecule has 5 fully saturated rings. The summed E-state index contributed by atoms with van der Waals surface area (Å²) in [6.07, 6.45) is 9.65. The molecule has 5 saturated heterocycles. The van der Waals surface area contributed by atoms with Crippen molar-refractivity contribution in [2.45, 2.75) is 251 Å². The molecular weight excluding hydrogens is 1220 g/mol. The molecule has 14 amide bonds. The predicted molar refractivity (Wildman–Crippen MR) is 370 cm³/mol. The van der Waals surface area contributed by atoms with Gasteiger partial charge in [0.15, 0.2) is 0 Å². The number of nitrogens with one attached hydrogen (secondary N) is 4. The summed E-state index contributed by atoms with van der Waals surface area (Å²) in [5.74, 6) is -1.36. The van der Waals surface area contributed by atoms with Crippen molar-refractivity contribution in [2.75, 3.05) is 70.4 Å². The summed E-state index contributed by atoms with van der Waals surface area (Å²) in [6.45, 7) is 30.8. The highest BCUT2D eigenvalue weighted by molar-refractivity contribution is 7.91. The Morgan fingerprint density at radius 2 is 0.516 bits per heavy atom. The lowest BCUT2D eigenvalue weighted by molar-refractivity contribution is -0.141. The lowest BCUT2D eigenvalue weighted by Gasteiger charge is -2.13. The van der Waals surface area contributed by atoms with Gasteiger partial charge in [0, 0.05) is 158 Å². The number of hydrogen-bond acceptors (Lipinski definition) is 16. The van der Waals surface area contributed by atoms with Crippen molar-refractivity contribution in [1.29, 1.82) is 0 Å². The molecule has 25 nitrogen and oxygen atoms in total. The first-order valence-corrected chi connectivity index (χ1v) is 33.2. The maximum Gasteiger partial charge on any atom is 0.232 e. The molecule has 0 bridgehead atoms. The Balaban J connectivity index is -0.000000151. The van der Waals surface area contributed by atoms with E-state index in [1.165, 1.54) is 24.5 Å². The van der Waals surface area contributed by atoms with E-state index in [0.29, 0.717) is 63.5 Å². The van der Waals surface area contributed by atoms with Gasteiger partial charge in [-0.3, -0.25) is 91.6 Å². The van der Waals surface area contributed by atoms with Gasteiger partial charge in [-0.2, -0.15) is 0 Å². The van der Waals surface area contributed by atoms with Crippen LogP contribution in [0.2, 0.25) is 0 Å². The van der Waals surface area contributed by atoms with Gasteiger partial charge in [-0.15, -0.1) is 0 Å². The number of carbonyl (C=O) groups is 14. The average molecular weight is 1350 g/mol. The fraction of sp³-hybridized carbons (Fsp3) is 0.791. The van der Waals surface area contributed by atoms with Gasteiger partial charge >= 0.3 is 0 Å². The van der Waals surface area contributed by atoms with Crippen LogP contribution < -0.4 is 21.3 Å². The number of imide groups is 5. The summed E-state index contributed by atoms with van der Waals surface area (Å²) < 4.78 is 21.7. The second kappa shape index (κ2) is 57.0. The third-order valence-corrected chi connectivity index (χ3v) is 15.6. The average Bonchev–Trinajstić information content (AvgIpc) is 1.77. The van der Waals surface area contributed by atoms with Crippen LogP contribution in [0.15, 0.2) is 0 Å². The molecule has 4 N–H and O–H groups in total. The van der Waals surface area contributed by atoms with E-state index in [4.69, 9.17) is 0 Å². The minimum atomic E-state index is -2.68. The van der Waals surface area contributed by atoms with E-state index in [9.17, 15) is 75.5 Å². The van der Waals surface area contributed by atoms with Crippen LogP contribution in [0.4, 0.5) is 0 Å². The molecule has 0 saturated carbocycles. The van der Waals surface area contributed by atoms with E-state index in [2.05, 4.69) is 21.3 Å². The van der Waals surface area contributed by atoms with Crippen LogP contribution >= 0.6 is 0 Å². The third-order valence-electron chi connectivity index (χ3n) is 13.6. The zero-order valence-electron chi connectivity index (χ0n) is 54.9. The maximum absolute atomic E-state index is 11.5. The number of carbonyl (C=O) groups excluding carboxylic acids is 14. The van der Waals surface area contributed by atoms with Crippen molar-refractivity contribution >= 4 is 92.5 Å². The molecule has 5 atom stereocenters. The molecule has 0 aliphatic carbocycles. The molecule has 5 aliphatic rings. The Labute approximate surface area is 562 Å². The SMILES string of the molecule is C.C.C.C.C.C.CCCN1C(=O)CC(C)C1=O.CCCN1C(=O)CC(C)C1=O.CCCNC(=O)CC.CCCNC(=O)CCN1C(=O)CC(C)C1=O.CCCNC(=O)CCN1C(=O)CC(C)C1=O.CCCNC(=O)CCN1C(=O)CC(C)C1=O.CCCS(=O)(=O)CCC. The molecule has 0 aromatic heterocycles. The zero-order chi connectivity index (χ0) is 67.0. The Kier molecular flexibility index (Phi) is 62.9. The molecule has 0 spiro atoms. The standard InChI is InChI=1S/3C11H18N2O3.2C8H13NO2.C6H13NO.C6H14O2S.6CH4/c3*1-3-5-12-9(14)4-6-13-10(15)7-8(2)11(13)16;2*1-3-4-9-7(10)5-6(2)8(9)11;1-3-5-7-6(8)4-2;1-3-5-9(7,8)6-4-2;;;;;;/h3*8H,3-7H2,1-2H3,(H,12,14);2*6H,3-5H2,1-2H3;3-5H2,1-2H3,(H,7,8);3-6H2,1-2H3;6*1H4. The fourth-order valence-corrected chi connectivity index (χ4v) is 10.1. The number of rotatable bonds is 26. The summed E-state index contributed by atoms with van der Waals surface area (Å²) in [5, 5.41) is 10.9. The van der Waals surface area contributed by atoms with Gasteiger partial charge in [-0.05, 0) is 51.4 Å². The molecule has 5 rings (SSSR count). The first-order chi connectivity index (χ1) is 40.9. The van der Waals surface area contributed by atoms with Crippen LogP contribution in [0.1, 0.15) is 251 Å². The molecule has 0 aromatic rings. The molecule has 93 heavy (non-hydrogen) atoms. The Hall–Kier alpha value is -6.47. The van der Waals surface area contributed by atoms with E-state index < -0.39 is 9.84 Å². The molecule has 546 valence electrons. The Morgan fingerprint density at radius 1 is 0.323 bits per heavy atom. The summed E-state index contributed by atoms with van der Waals surface area (Å²) >= 11 is 0. The Bertz CT molecular complexity index is 2190. The van der Waals surface area contributed by atoms with E-state index in [1.807, 2.05) is 62.3 Å². The van der Waals surface area contributed by atoms with Gasteiger partial charge in [-0.1, -0.05) is 141 Å². The smallest absolute Gasteiger partial charge is 0.232 e. The summed E-state index contributed by atoms with van der Waals surface area (Å²) in [4.78, 5) is 164.